The summed E-state index contributed by atoms with van der Waals surface area (Å²) in [4.78, 5) is 25.5. The van der Waals surface area contributed by atoms with Gasteiger partial charge in [-0.15, -0.1) is 0 Å². The number of hydrogen-bond acceptors (Lipinski definition) is 6. The summed E-state index contributed by atoms with van der Waals surface area (Å²) in [7, 11) is 0. The van der Waals surface area contributed by atoms with Crippen molar-refractivity contribution < 1.29 is 18.7 Å². The van der Waals surface area contributed by atoms with Crippen LogP contribution in [0.4, 0.5) is 0 Å². The molecule has 6 heteroatoms. The number of ether oxygens (including phenoxy) is 2. The van der Waals surface area contributed by atoms with E-state index in [1.807, 2.05) is 31.2 Å². The zero-order valence-corrected chi connectivity index (χ0v) is 17.2. The number of nitrogens with two attached hydrogens (primary N) is 1. The van der Waals surface area contributed by atoms with Crippen molar-refractivity contribution in [3.63, 3.8) is 0 Å². The summed E-state index contributed by atoms with van der Waals surface area (Å²) in [6.07, 6.45) is 0. The topological polar surface area (TPSA) is 91.8 Å². The molecule has 0 saturated heterocycles. The van der Waals surface area contributed by atoms with Crippen LogP contribution in [0.15, 0.2) is 69.9 Å². The van der Waals surface area contributed by atoms with Crippen molar-refractivity contribution in [1.29, 1.82) is 0 Å². The third-order valence-corrected chi connectivity index (χ3v) is 5.04. The SMILES string of the molecule is Cc1ccccc1C(=O)c1c2ccc(=O)cc-2oc2cc(OCCOCCN)ccc12. The van der Waals surface area contributed by atoms with Crippen LogP contribution in [0, 0.1) is 6.92 Å². The summed E-state index contributed by atoms with van der Waals surface area (Å²) < 4.78 is 17.0. The molecule has 0 saturated carbocycles. The molecule has 0 fully saturated rings. The minimum Gasteiger partial charge on any atom is -0.491 e. The molecule has 6 nitrogen and oxygen atoms in total. The van der Waals surface area contributed by atoms with E-state index in [1.54, 1.807) is 24.3 Å². The summed E-state index contributed by atoms with van der Waals surface area (Å²) in [5.41, 5.74) is 8.28. The molecule has 1 heterocycles. The van der Waals surface area contributed by atoms with Crippen LogP contribution in [-0.2, 0) is 4.74 Å². The lowest BCUT2D eigenvalue weighted by Gasteiger charge is -2.15. The van der Waals surface area contributed by atoms with Gasteiger partial charge < -0.3 is 19.6 Å². The molecule has 4 rings (SSSR count). The summed E-state index contributed by atoms with van der Waals surface area (Å²) in [5, 5.41) is 0.658. The first-order valence-corrected chi connectivity index (χ1v) is 10.1. The highest BCUT2D eigenvalue weighted by molar-refractivity contribution is 6.20. The second-order valence-corrected chi connectivity index (χ2v) is 7.19. The van der Waals surface area contributed by atoms with Gasteiger partial charge in [-0.1, -0.05) is 24.3 Å². The van der Waals surface area contributed by atoms with E-state index >= 15 is 0 Å². The summed E-state index contributed by atoms with van der Waals surface area (Å²) >= 11 is 0. The Balaban J connectivity index is 1.80. The molecule has 0 atom stereocenters. The minimum atomic E-state index is -0.186. The number of aryl methyl sites for hydroxylation is 1. The first-order chi connectivity index (χ1) is 15.1. The van der Waals surface area contributed by atoms with E-state index in [4.69, 9.17) is 19.6 Å². The van der Waals surface area contributed by atoms with Crippen molar-refractivity contribution in [3.8, 4) is 17.1 Å². The lowest BCUT2D eigenvalue weighted by molar-refractivity contribution is 0.104. The van der Waals surface area contributed by atoms with E-state index in [2.05, 4.69) is 0 Å². The molecular formula is C25H23NO5. The molecule has 2 aliphatic rings. The molecule has 0 unspecified atom stereocenters. The zero-order chi connectivity index (χ0) is 21.8. The maximum absolute atomic E-state index is 13.6. The van der Waals surface area contributed by atoms with Gasteiger partial charge in [-0.3, -0.25) is 9.59 Å². The van der Waals surface area contributed by atoms with Gasteiger partial charge in [0.2, 0.25) is 0 Å². The smallest absolute Gasteiger partial charge is 0.194 e. The third kappa shape index (κ3) is 4.35. The van der Waals surface area contributed by atoms with Crippen molar-refractivity contribution in [2.24, 2.45) is 5.73 Å². The summed E-state index contributed by atoms with van der Waals surface area (Å²) in [5.74, 6) is 0.825. The third-order valence-electron chi connectivity index (χ3n) is 5.04. The second kappa shape index (κ2) is 9.12. The Labute approximate surface area is 179 Å². The number of carbonyl (C=O) groups is 1. The fourth-order valence-electron chi connectivity index (χ4n) is 3.55. The van der Waals surface area contributed by atoms with Crippen LogP contribution in [-0.4, -0.2) is 32.1 Å². The molecule has 31 heavy (non-hydrogen) atoms. The lowest BCUT2D eigenvalue weighted by Crippen LogP contribution is -2.13. The molecule has 158 valence electrons. The molecule has 0 bridgehead atoms. The normalized spacial score (nSPS) is 11.2. The summed E-state index contributed by atoms with van der Waals surface area (Å²) in [6, 6.07) is 17.3. The van der Waals surface area contributed by atoms with Gasteiger partial charge in [-0.05, 0) is 36.8 Å². The second-order valence-electron chi connectivity index (χ2n) is 7.19. The number of ketones is 1. The Morgan fingerprint density at radius 3 is 2.65 bits per heavy atom. The van der Waals surface area contributed by atoms with Crippen molar-refractivity contribution in [3.05, 3.63) is 87.6 Å². The van der Waals surface area contributed by atoms with Crippen LogP contribution >= 0.6 is 0 Å². The Morgan fingerprint density at radius 1 is 1.00 bits per heavy atom. The standard InChI is InChI=1S/C25H23NO5/c1-16-4-2-3-5-19(16)25(28)24-20-8-6-17(27)14-22(20)31-23-15-18(7-9-21(23)24)30-13-12-29-11-10-26/h2-9,14-15H,10-13,26H2,1H3. The first-order valence-electron chi connectivity index (χ1n) is 10.1. The average Bonchev–Trinajstić information content (AvgIpc) is 2.77. The fraction of sp³-hybridized carbons (Fsp3) is 0.200. The molecule has 0 amide bonds. The first kappa shape index (κ1) is 20.8. The van der Waals surface area contributed by atoms with Gasteiger partial charge in [0.05, 0.1) is 13.2 Å². The molecule has 0 aromatic heterocycles. The van der Waals surface area contributed by atoms with Crippen molar-refractivity contribution >= 4 is 16.8 Å². The van der Waals surface area contributed by atoms with E-state index in [-0.39, 0.29) is 11.2 Å². The van der Waals surface area contributed by atoms with E-state index in [9.17, 15) is 9.59 Å². The van der Waals surface area contributed by atoms with Gasteiger partial charge in [0.25, 0.3) is 0 Å². The quantitative estimate of drug-likeness (QED) is 0.266. The van der Waals surface area contributed by atoms with Gasteiger partial charge in [0.15, 0.2) is 11.2 Å². The van der Waals surface area contributed by atoms with Gasteiger partial charge >= 0.3 is 0 Å². The highest BCUT2D eigenvalue weighted by atomic mass is 16.5. The molecule has 0 spiro atoms. The monoisotopic (exact) mass is 417 g/mol. The number of rotatable bonds is 8. The average molecular weight is 417 g/mol. The van der Waals surface area contributed by atoms with Gasteiger partial charge in [-0.2, -0.15) is 0 Å². The van der Waals surface area contributed by atoms with Gasteiger partial charge in [0, 0.05) is 40.8 Å². The van der Waals surface area contributed by atoms with E-state index < -0.39 is 0 Å². The zero-order valence-electron chi connectivity index (χ0n) is 17.2. The highest BCUT2D eigenvalue weighted by Gasteiger charge is 2.23. The van der Waals surface area contributed by atoms with Crippen molar-refractivity contribution in [2.75, 3.05) is 26.4 Å². The number of hydrogen-bond donors (Lipinski definition) is 1. The Morgan fingerprint density at radius 2 is 1.84 bits per heavy atom. The maximum Gasteiger partial charge on any atom is 0.194 e. The van der Waals surface area contributed by atoms with Crippen molar-refractivity contribution in [1.82, 2.24) is 0 Å². The fourth-order valence-corrected chi connectivity index (χ4v) is 3.55. The van der Waals surface area contributed by atoms with Gasteiger partial charge in [-0.25, -0.2) is 0 Å². The van der Waals surface area contributed by atoms with Crippen LogP contribution in [0.2, 0.25) is 0 Å². The van der Waals surface area contributed by atoms with E-state index in [0.717, 1.165) is 5.56 Å². The lowest BCUT2D eigenvalue weighted by atomic mass is 9.91. The van der Waals surface area contributed by atoms with Crippen LogP contribution in [0.1, 0.15) is 21.5 Å². The van der Waals surface area contributed by atoms with Gasteiger partial charge in [0.1, 0.15) is 23.7 Å². The molecule has 2 aromatic carbocycles. The number of carbonyl (C=O) groups excluding carboxylic acids is 1. The molecule has 1 aliphatic heterocycles. The number of benzene rings is 3. The van der Waals surface area contributed by atoms with E-state index in [0.29, 0.717) is 65.5 Å². The number of fused-ring (bicyclic) bond motifs is 2. The Hall–Kier alpha value is -3.48. The summed E-state index contributed by atoms with van der Waals surface area (Å²) in [6.45, 7) is 3.62. The van der Waals surface area contributed by atoms with Crippen LogP contribution in [0.3, 0.4) is 0 Å². The molecule has 1 aliphatic carbocycles. The van der Waals surface area contributed by atoms with Crippen LogP contribution in [0.25, 0.3) is 22.3 Å². The molecule has 2 aromatic rings. The minimum absolute atomic E-state index is 0.119. The van der Waals surface area contributed by atoms with Crippen LogP contribution < -0.4 is 15.9 Å². The molecule has 2 N–H and O–H groups in total. The largest absolute Gasteiger partial charge is 0.491 e. The predicted molar refractivity (Wildman–Crippen MR) is 119 cm³/mol. The predicted octanol–water partition coefficient (Wildman–Crippen LogP) is 3.79. The van der Waals surface area contributed by atoms with Crippen molar-refractivity contribution in [2.45, 2.75) is 6.92 Å². The Kier molecular flexibility index (Phi) is 6.11. The molecule has 0 radical (unpaired) electrons. The highest BCUT2D eigenvalue weighted by Crippen LogP contribution is 2.36. The Bertz CT molecular complexity index is 1260. The van der Waals surface area contributed by atoms with Crippen LogP contribution in [0.5, 0.6) is 5.75 Å². The maximum atomic E-state index is 13.6. The van der Waals surface area contributed by atoms with E-state index in [1.165, 1.54) is 12.1 Å². The molecular weight excluding hydrogens is 394 g/mol.